The van der Waals surface area contributed by atoms with Crippen molar-refractivity contribution in [3.63, 3.8) is 0 Å². The highest BCUT2D eigenvalue weighted by molar-refractivity contribution is 7.98. The van der Waals surface area contributed by atoms with Crippen LogP contribution in [0.5, 0.6) is 0 Å². The summed E-state index contributed by atoms with van der Waals surface area (Å²) in [4.78, 5) is 3.97. The van der Waals surface area contributed by atoms with Crippen molar-refractivity contribution in [3.05, 3.63) is 71.6 Å². The molecule has 1 nitrogen and oxygen atoms in total. The molecule has 0 amide bonds. The van der Waals surface area contributed by atoms with Gasteiger partial charge in [-0.2, -0.15) is 0 Å². The summed E-state index contributed by atoms with van der Waals surface area (Å²) in [5.74, 6) is 0. The van der Waals surface area contributed by atoms with Crippen LogP contribution in [0.3, 0.4) is 0 Å². The highest BCUT2D eigenvalue weighted by atomic mass is 32.2. The Morgan fingerprint density at radius 1 is 0.905 bits per heavy atom. The Morgan fingerprint density at radius 2 is 1.67 bits per heavy atom. The minimum Gasteiger partial charge on any atom is -0.379 e. The van der Waals surface area contributed by atoms with Crippen LogP contribution in [0, 0.1) is 0 Å². The van der Waals surface area contributed by atoms with E-state index in [9.17, 15) is 0 Å². The fourth-order valence-electron chi connectivity index (χ4n) is 2.20. The van der Waals surface area contributed by atoms with Crippen molar-refractivity contribution in [2.24, 2.45) is 0 Å². The lowest BCUT2D eigenvalue weighted by molar-refractivity contribution is 1.17. The first-order valence-corrected chi connectivity index (χ1v) is 8.92. The zero-order valence-electron chi connectivity index (χ0n) is 11.9. The molecular weight excluding hydrogens is 294 g/mol. The molecule has 2 aromatic carbocycles. The number of nitrogens with one attached hydrogen (secondary N) is 1. The van der Waals surface area contributed by atoms with Crippen LogP contribution in [0.25, 0.3) is 10.4 Å². The summed E-state index contributed by atoms with van der Waals surface area (Å²) < 4.78 is 0. The van der Waals surface area contributed by atoms with Crippen LogP contribution >= 0.6 is 23.1 Å². The summed E-state index contributed by atoms with van der Waals surface area (Å²) in [5.41, 5.74) is 2.50. The molecule has 0 bridgehead atoms. The number of para-hydroxylation sites is 1. The van der Waals surface area contributed by atoms with E-state index in [0.717, 1.165) is 6.54 Å². The molecule has 3 heteroatoms. The van der Waals surface area contributed by atoms with E-state index in [2.05, 4.69) is 78.3 Å². The molecule has 0 aliphatic rings. The highest BCUT2D eigenvalue weighted by Gasteiger charge is 2.04. The van der Waals surface area contributed by atoms with Crippen LogP contribution < -0.4 is 5.32 Å². The van der Waals surface area contributed by atoms with Gasteiger partial charge in [-0.15, -0.1) is 23.1 Å². The van der Waals surface area contributed by atoms with Gasteiger partial charge in [-0.25, -0.2) is 0 Å². The SMILES string of the molecule is CSc1ccccc1NCc1ccc(-c2ccccc2)s1. The van der Waals surface area contributed by atoms with Gasteiger partial charge >= 0.3 is 0 Å². The van der Waals surface area contributed by atoms with E-state index in [-0.39, 0.29) is 0 Å². The minimum absolute atomic E-state index is 0.870. The third-order valence-electron chi connectivity index (χ3n) is 3.28. The first kappa shape index (κ1) is 14.2. The number of thioether (sulfide) groups is 1. The van der Waals surface area contributed by atoms with Crippen molar-refractivity contribution < 1.29 is 0 Å². The Balaban J connectivity index is 1.71. The summed E-state index contributed by atoms with van der Waals surface area (Å²) in [5, 5.41) is 3.53. The van der Waals surface area contributed by atoms with Crippen molar-refractivity contribution in [2.75, 3.05) is 11.6 Å². The maximum atomic E-state index is 3.53. The molecule has 1 N–H and O–H groups in total. The zero-order chi connectivity index (χ0) is 14.5. The van der Waals surface area contributed by atoms with Crippen molar-refractivity contribution >= 4 is 28.8 Å². The maximum absolute atomic E-state index is 3.53. The second kappa shape index (κ2) is 6.83. The lowest BCUT2D eigenvalue weighted by atomic mass is 10.2. The maximum Gasteiger partial charge on any atom is 0.0494 e. The number of benzene rings is 2. The van der Waals surface area contributed by atoms with E-state index in [1.54, 1.807) is 11.8 Å². The van der Waals surface area contributed by atoms with Crippen LogP contribution in [0.15, 0.2) is 71.6 Å². The summed E-state index contributed by atoms with van der Waals surface area (Å²) in [6.45, 7) is 0.870. The fraction of sp³-hybridized carbons (Fsp3) is 0.111. The Morgan fingerprint density at radius 3 is 2.48 bits per heavy atom. The fourth-order valence-corrected chi connectivity index (χ4v) is 3.73. The van der Waals surface area contributed by atoms with Gasteiger partial charge in [-0.3, -0.25) is 0 Å². The van der Waals surface area contributed by atoms with E-state index in [1.807, 2.05) is 11.3 Å². The number of anilines is 1. The Labute approximate surface area is 134 Å². The Hall–Kier alpha value is -1.71. The van der Waals surface area contributed by atoms with Gasteiger partial charge in [0.25, 0.3) is 0 Å². The van der Waals surface area contributed by atoms with Gasteiger partial charge in [0.2, 0.25) is 0 Å². The Bertz CT molecular complexity index is 704. The third kappa shape index (κ3) is 3.49. The van der Waals surface area contributed by atoms with Gasteiger partial charge in [0.15, 0.2) is 0 Å². The second-order valence-electron chi connectivity index (χ2n) is 4.69. The van der Waals surface area contributed by atoms with Gasteiger partial charge in [0.1, 0.15) is 0 Å². The molecule has 106 valence electrons. The van der Waals surface area contributed by atoms with Gasteiger partial charge in [-0.1, -0.05) is 42.5 Å². The van der Waals surface area contributed by atoms with Gasteiger partial charge in [0, 0.05) is 26.9 Å². The number of hydrogen-bond donors (Lipinski definition) is 1. The summed E-state index contributed by atoms with van der Waals surface area (Å²) in [6.07, 6.45) is 2.11. The lowest BCUT2D eigenvalue weighted by Gasteiger charge is -2.09. The molecule has 0 saturated heterocycles. The van der Waals surface area contributed by atoms with Crippen LogP contribution in [-0.4, -0.2) is 6.26 Å². The summed E-state index contributed by atoms with van der Waals surface area (Å²) in [6, 6.07) is 23.4. The van der Waals surface area contributed by atoms with E-state index in [1.165, 1.54) is 25.9 Å². The molecular formula is C18H17NS2. The normalized spacial score (nSPS) is 10.5. The number of rotatable bonds is 5. The molecule has 0 unspecified atom stereocenters. The van der Waals surface area contributed by atoms with E-state index in [0.29, 0.717) is 0 Å². The molecule has 0 fully saturated rings. The van der Waals surface area contributed by atoms with Crippen molar-refractivity contribution in [1.29, 1.82) is 0 Å². The molecule has 0 saturated carbocycles. The predicted molar refractivity (Wildman–Crippen MR) is 95.3 cm³/mol. The molecule has 0 spiro atoms. The molecule has 0 aliphatic carbocycles. The average Bonchev–Trinajstić information content (AvgIpc) is 3.03. The molecule has 1 aromatic heterocycles. The smallest absolute Gasteiger partial charge is 0.0494 e. The zero-order valence-corrected chi connectivity index (χ0v) is 13.5. The molecule has 3 aromatic rings. The first-order chi connectivity index (χ1) is 10.4. The van der Waals surface area contributed by atoms with E-state index >= 15 is 0 Å². The van der Waals surface area contributed by atoms with Gasteiger partial charge < -0.3 is 5.32 Å². The number of hydrogen-bond acceptors (Lipinski definition) is 3. The van der Waals surface area contributed by atoms with Crippen LogP contribution in [-0.2, 0) is 6.54 Å². The second-order valence-corrected chi connectivity index (χ2v) is 6.70. The third-order valence-corrected chi connectivity index (χ3v) is 5.21. The first-order valence-electron chi connectivity index (χ1n) is 6.88. The number of thiophene rings is 1. The monoisotopic (exact) mass is 311 g/mol. The summed E-state index contributed by atoms with van der Waals surface area (Å²) in [7, 11) is 0. The van der Waals surface area contributed by atoms with E-state index in [4.69, 9.17) is 0 Å². The van der Waals surface area contributed by atoms with Crippen LogP contribution in [0.2, 0.25) is 0 Å². The molecule has 3 rings (SSSR count). The summed E-state index contributed by atoms with van der Waals surface area (Å²) >= 11 is 3.62. The molecule has 0 atom stereocenters. The van der Waals surface area contributed by atoms with Gasteiger partial charge in [-0.05, 0) is 36.1 Å². The van der Waals surface area contributed by atoms with Gasteiger partial charge in [0.05, 0.1) is 0 Å². The van der Waals surface area contributed by atoms with Crippen LogP contribution in [0.1, 0.15) is 4.88 Å². The van der Waals surface area contributed by atoms with Crippen LogP contribution in [0.4, 0.5) is 5.69 Å². The minimum atomic E-state index is 0.870. The Kier molecular flexibility index (Phi) is 4.63. The molecule has 0 radical (unpaired) electrons. The largest absolute Gasteiger partial charge is 0.379 e. The molecule has 1 heterocycles. The predicted octanol–water partition coefficient (Wildman–Crippen LogP) is 5.75. The van der Waals surface area contributed by atoms with Crippen molar-refractivity contribution in [2.45, 2.75) is 11.4 Å². The average molecular weight is 311 g/mol. The van der Waals surface area contributed by atoms with Crippen molar-refractivity contribution in [3.8, 4) is 10.4 Å². The standard InChI is InChI=1S/C18H17NS2/c1-20-18-10-6-5-9-16(18)19-13-15-11-12-17(21-15)14-7-3-2-4-8-14/h2-12,19H,13H2,1H3. The lowest BCUT2D eigenvalue weighted by Crippen LogP contribution is -1.98. The molecule has 21 heavy (non-hydrogen) atoms. The quantitative estimate of drug-likeness (QED) is 0.602. The highest BCUT2D eigenvalue weighted by Crippen LogP contribution is 2.29. The van der Waals surface area contributed by atoms with E-state index < -0.39 is 0 Å². The van der Waals surface area contributed by atoms with Crippen molar-refractivity contribution in [1.82, 2.24) is 0 Å². The topological polar surface area (TPSA) is 12.0 Å². The molecule has 0 aliphatic heterocycles.